The van der Waals surface area contributed by atoms with Crippen LogP contribution in [0.4, 0.5) is 5.82 Å². The number of carbonyl (C=O) groups excluding carboxylic acids is 1. The van der Waals surface area contributed by atoms with Crippen molar-refractivity contribution in [2.24, 2.45) is 0 Å². The largest absolute Gasteiger partial charge is 0.496 e. The average Bonchev–Trinajstić information content (AvgIpc) is 2.54. The van der Waals surface area contributed by atoms with Crippen LogP contribution in [0.2, 0.25) is 0 Å². The molecule has 21 heavy (non-hydrogen) atoms. The molecule has 0 aliphatic heterocycles. The van der Waals surface area contributed by atoms with Gasteiger partial charge < -0.3 is 9.64 Å². The summed E-state index contributed by atoms with van der Waals surface area (Å²) in [6.07, 6.45) is 3.25. The number of aromatic nitrogens is 1. The molecule has 0 aliphatic rings. The number of anilines is 1. The van der Waals surface area contributed by atoms with E-state index in [9.17, 15) is 4.79 Å². The minimum Gasteiger partial charge on any atom is -0.496 e. The molecule has 0 radical (unpaired) electrons. The van der Waals surface area contributed by atoms with Crippen LogP contribution < -0.4 is 9.64 Å². The Morgan fingerprint density at radius 3 is 2.67 bits per heavy atom. The van der Waals surface area contributed by atoms with E-state index in [1.165, 1.54) is 5.56 Å². The highest BCUT2D eigenvalue weighted by Crippen LogP contribution is 2.22. The van der Waals surface area contributed by atoms with Gasteiger partial charge in [0.1, 0.15) is 11.6 Å². The molecule has 110 valence electrons. The quantitative estimate of drug-likeness (QED) is 0.765. The number of methoxy groups -OCH3 is 1. The second-order valence-corrected chi connectivity index (χ2v) is 5.04. The van der Waals surface area contributed by atoms with Gasteiger partial charge >= 0.3 is 0 Å². The summed E-state index contributed by atoms with van der Waals surface area (Å²) in [6.45, 7) is 2.14. The summed E-state index contributed by atoms with van der Waals surface area (Å²) in [6, 6.07) is 11.9. The van der Waals surface area contributed by atoms with Gasteiger partial charge in [-0.1, -0.05) is 18.2 Å². The van der Waals surface area contributed by atoms with Gasteiger partial charge in [-0.05, 0) is 37.1 Å². The molecule has 0 aliphatic carbocycles. The van der Waals surface area contributed by atoms with Crippen LogP contribution in [0.1, 0.15) is 22.8 Å². The van der Waals surface area contributed by atoms with Gasteiger partial charge in [0.25, 0.3) is 0 Å². The topological polar surface area (TPSA) is 42.4 Å². The molecular weight excluding hydrogens is 264 g/mol. The molecule has 1 aromatic carbocycles. The zero-order valence-corrected chi connectivity index (χ0v) is 12.6. The third kappa shape index (κ3) is 3.60. The first-order valence-corrected chi connectivity index (χ1v) is 6.91. The second-order valence-electron chi connectivity index (χ2n) is 5.04. The minimum atomic E-state index is 0.260. The number of hydrogen-bond donors (Lipinski definition) is 0. The van der Waals surface area contributed by atoms with Crippen LogP contribution in [-0.4, -0.2) is 31.5 Å². The highest BCUT2D eigenvalue weighted by Gasteiger charge is 2.14. The molecular formula is C17H20N2O2. The average molecular weight is 284 g/mol. The molecule has 4 heteroatoms. The first-order chi connectivity index (χ1) is 10.2. The summed E-state index contributed by atoms with van der Waals surface area (Å²) in [5.74, 6) is 1.75. The van der Waals surface area contributed by atoms with E-state index >= 15 is 0 Å². The molecule has 0 saturated heterocycles. The third-order valence-corrected chi connectivity index (χ3v) is 3.64. The molecule has 1 atom stereocenters. The highest BCUT2D eigenvalue weighted by atomic mass is 16.5. The van der Waals surface area contributed by atoms with Crippen molar-refractivity contribution in [3.63, 3.8) is 0 Å². The van der Waals surface area contributed by atoms with Gasteiger partial charge in [0, 0.05) is 24.8 Å². The van der Waals surface area contributed by atoms with Crippen LogP contribution in [0, 0.1) is 0 Å². The van der Waals surface area contributed by atoms with Crippen LogP contribution in [0.3, 0.4) is 0 Å². The molecule has 1 unspecified atom stereocenters. The predicted molar refractivity (Wildman–Crippen MR) is 84.2 cm³/mol. The summed E-state index contributed by atoms with van der Waals surface area (Å²) in [4.78, 5) is 17.1. The van der Waals surface area contributed by atoms with E-state index in [2.05, 4.69) is 22.9 Å². The Hall–Kier alpha value is -2.36. The van der Waals surface area contributed by atoms with Gasteiger partial charge in [-0.2, -0.15) is 0 Å². The number of aldehydes is 1. The molecule has 0 N–H and O–H groups in total. The zero-order chi connectivity index (χ0) is 15.2. The molecule has 0 amide bonds. The van der Waals surface area contributed by atoms with Crippen molar-refractivity contribution in [3.8, 4) is 5.75 Å². The third-order valence-electron chi connectivity index (χ3n) is 3.64. The summed E-state index contributed by atoms with van der Waals surface area (Å²) < 4.78 is 5.39. The normalized spacial score (nSPS) is 11.8. The van der Waals surface area contributed by atoms with Crippen LogP contribution in [0.25, 0.3) is 0 Å². The summed E-state index contributed by atoms with van der Waals surface area (Å²) in [7, 11) is 3.69. The highest BCUT2D eigenvalue weighted by molar-refractivity contribution is 5.74. The Morgan fingerprint density at radius 2 is 2.05 bits per heavy atom. The summed E-state index contributed by atoms with van der Waals surface area (Å²) in [5, 5.41) is 0. The van der Waals surface area contributed by atoms with Gasteiger partial charge in [0.2, 0.25) is 0 Å². The Kier molecular flexibility index (Phi) is 4.93. The second kappa shape index (κ2) is 6.88. The lowest BCUT2D eigenvalue weighted by molar-refractivity contribution is 0.112. The maximum atomic E-state index is 10.7. The van der Waals surface area contributed by atoms with Crippen LogP contribution in [0.5, 0.6) is 5.75 Å². The van der Waals surface area contributed by atoms with Crippen LogP contribution in [-0.2, 0) is 6.42 Å². The van der Waals surface area contributed by atoms with Crippen molar-refractivity contribution in [3.05, 3.63) is 53.7 Å². The molecule has 4 nitrogen and oxygen atoms in total. The van der Waals surface area contributed by atoms with E-state index in [0.29, 0.717) is 5.56 Å². The van der Waals surface area contributed by atoms with E-state index < -0.39 is 0 Å². The fraction of sp³-hybridized carbons (Fsp3) is 0.294. The van der Waals surface area contributed by atoms with Gasteiger partial charge in [-0.3, -0.25) is 4.79 Å². The van der Waals surface area contributed by atoms with Gasteiger partial charge in [-0.15, -0.1) is 0 Å². The number of benzene rings is 1. The van der Waals surface area contributed by atoms with Crippen LogP contribution in [0.15, 0.2) is 42.6 Å². The zero-order valence-electron chi connectivity index (χ0n) is 12.6. The number of carbonyl (C=O) groups is 1. The fourth-order valence-corrected chi connectivity index (χ4v) is 2.23. The Morgan fingerprint density at radius 1 is 1.29 bits per heavy atom. The van der Waals surface area contributed by atoms with Crippen molar-refractivity contribution in [1.82, 2.24) is 4.98 Å². The molecule has 2 aromatic rings. The van der Waals surface area contributed by atoms with Gasteiger partial charge in [0.05, 0.1) is 7.11 Å². The number of likely N-dealkylation sites (N-methyl/N-ethyl adjacent to an activating group) is 1. The van der Waals surface area contributed by atoms with Crippen molar-refractivity contribution in [2.45, 2.75) is 19.4 Å². The van der Waals surface area contributed by atoms with Crippen molar-refractivity contribution < 1.29 is 9.53 Å². The minimum absolute atomic E-state index is 0.260. The molecule has 1 heterocycles. The first-order valence-electron chi connectivity index (χ1n) is 6.91. The first kappa shape index (κ1) is 15.0. The van der Waals surface area contributed by atoms with Gasteiger partial charge in [0.15, 0.2) is 6.29 Å². The van der Waals surface area contributed by atoms with Crippen molar-refractivity contribution in [1.29, 1.82) is 0 Å². The molecule has 0 spiro atoms. The van der Waals surface area contributed by atoms with Crippen LogP contribution >= 0.6 is 0 Å². The number of rotatable bonds is 6. The fourth-order valence-electron chi connectivity index (χ4n) is 2.23. The molecule has 2 rings (SSSR count). The van der Waals surface area contributed by atoms with E-state index in [1.807, 2.05) is 31.3 Å². The lowest BCUT2D eigenvalue weighted by atomic mass is 10.1. The Bertz CT molecular complexity index is 596. The summed E-state index contributed by atoms with van der Waals surface area (Å²) >= 11 is 0. The number of pyridine rings is 1. The smallest absolute Gasteiger partial charge is 0.151 e. The lowest BCUT2D eigenvalue weighted by Crippen LogP contribution is -2.31. The van der Waals surface area contributed by atoms with Gasteiger partial charge in [-0.25, -0.2) is 4.98 Å². The number of para-hydroxylation sites is 1. The SMILES string of the molecule is COc1ccccc1CC(C)N(C)c1ccc(C=O)cn1. The molecule has 1 aromatic heterocycles. The molecule has 0 fully saturated rings. The molecule has 0 bridgehead atoms. The van der Waals surface area contributed by atoms with E-state index in [1.54, 1.807) is 19.4 Å². The standard InChI is InChI=1S/C17H20N2O2/c1-13(10-15-6-4-5-7-16(15)21-3)19(2)17-9-8-14(12-20)11-18-17/h4-9,11-13H,10H2,1-3H3. The Labute approximate surface area is 125 Å². The van der Waals surface area contributed by atoms with E-state index in [-0.39, 0.29) is 6.04 Å². The van der Waals surface area contributed by atoms with Crippen molar-refractivity contribution in [2.75, 3.05) is 19.1 Å². The number of ether oxygens (including phenoxy) is 1. The van der Waals surface area contributed by atoms with E-state index in [4.69, 9.17) is 4.74 Å². The maximum absolute atomic E-state index is 10.7. The number of nitrogens with zero attached hydrogens (tertiary/aromatic N) is 2. The lowest BCUT2D eigenvalue weighted by Gasteiger charge is -2.26. The van der Waals surface area contributed by atoms with Crippen molar-refractivity contribution >= 4 is 12.1 Å². The molecule has 0 saturated carbocycles. The number of hydrogen-bond acceptors (Lipinski definition) is 4. The van der Waals surface area contributed by atoms with E-state index in [0.717, 1.165) is 24.3 Å². The monoisotopic (exact) mass is 284 g/mol. The maximum Gasteiger partial charge on any atom is 0.151 e. The predicted octanol–water partition coefficient (Wildman–Crippen LogP) is 2.97. The summed E-state index contributed by atoms with van der Waals surface area (Å²) in [5.41, 5.74) is 1.76. The Balaban J connectivity index is 2.11.